The quantitative estimate of drug-likeness (QED) is 0.189. The third-order valence-corrected chi connectivity index (χ3v) is 5.22. The summed E-state index contributed by atoms with van der Waals surface area (Å²) in [6.07, 6.45) is 3.94. The van der Waals surface area contributed by atoms with Crippen molar-refractivity contribution in [3.63, 3.8) is 0 Å². The molecule has 27 heavy (non-hydrogen) atoms. The molecule has 150 valence electrons. The zero-order valence-electron chi connectivity index (χ0n) is 15.8. The number of nitrogens with one attached hydrogen (secondary N) is 1. The fraction of sp³-hybridized carbons (Fsp3) is 0.526. The Morgan fingerprint density at radius 2 is 1.89 bits per heavy atom. The van der Waals surface area contributed by atoms with Crippen LogP contribution in [0.25, 0.3) is 0 Å². The van der Waals surface area contributed by atoms with Crippen LogP contribution in [0.2, 0.25) is 0 Å². The van der Waals surface area contributed by atoms with Crippen LogP contribution in [0.5, 0.6) is 0 Å². The first kappa shape index (κ1) is 23.8. The van der Waals surface area contributed by atoms with E-state index in [1.54, 1.807) is 13.2 Å². The maximum absolute atomic E-state index is 12.3. The first-order valence-electron chi connectivity index (χ1n) is 8.59. The summed E-state index contributed by atoms with van der Waals surface area (Å²) in [5.41, 5.74) is 7.96. The summed E-state index contributed by atoms with van der Waals surface area (Å²) in [6, 6.07) is 3.64. The van der Waals surface area contributed by atoms with Crippen molar-refractivity contribution < 1.29 is 19.1 Å². The van der Waals surface area contributed by atoms with Crippen molar-refractivity contribution in [3.05, 3.63) is 34.4 Å². The number of amidine groups is 1. The number of aryl methyl sites for hydroxylation is 1. The average molecular weight is 506 g/mol. The Kier molecular flexibility index (Phi) is 10.2. The first-order chi connectivity index (χ1) is 12.7. The smallest absolute Gasteiger partial charge is 0.338 e. The van der Waals surface area contributed by atoms with E-state index in [1.165, 1.54) is 13.5 Å². The number of benzene rings is 1. The molecule has 0 spiro atoms. The molecule has 8 heteroatoms. The van der Waals surface area contributed by atoms with Crippen LogP contribution in [-0.2, 0) is 9.47 Å². The van der Waals surface area contributed by atoms with Gasteiger partial charge in [-0.05, 0) is 42.9 Å². The monoisotopic (exact) mass is 504 g/mol. The minimum absolute atomic E-state index is 0.0583. The van der Waals surface area contributed by atoms with Gasteiger partial charge < -0.3 is 15.2 Å². The predicted octanol–water partition coefficient (Wildman–Crippen LogP) is 4.31. The van der Waals surface area contributed by atoms with Crippen molar-refractivity contribution >= 4 is 49.4 Å². The highest BCUT2D eigenvalue weighted by molar-refractivity contribution is 9.25. The molecule has 0 aliphatic heterocycles. The Morgan fingerprint density at radius 3 is 2.26 bits per heavy atom. The number of ether oxygens (including phenoxy) is 2. The molecule has 0 amide bonds. The number of carbonyl (C=O) groups excluding carboxylic acids is 2. The number of alkyl halides is 2. The van der Waals surface area contributed by atoms with Gasteiger partial charge in [0, 0.05) is 19.1 Å². The second-order valence-electron chi connectivity index (χ2n) is 6.31. The Bertz CT molecular complexity index is 689. The molecule has 1 aromatic carbocycles. The third-order valence-electron chi connectivity index (χ3n) is 4.39. The van der Waals surface area contributed by atoms with Crippen molar-refractivity contribution in [3.8, 4) is 0 Å². The normalized spacial score (nSPS) is 13.4. The summed E-state index contributed by atoms with van der Waals surface area (Å²) >= 11 is 6.50. The molecule has 3 N–H and O–H groups in total. The van der Waals surface area contributed by atoms with Crippen LogP contribution in [0.15, 0.2) is 12.1 Å². The standard InChI is InChI=1S/C15H16Br2O3.C4H10N2O/c1-8-6-11(9-4-3-5-9)12(13(18)14(16)17)7-10(8)15(19)20-2;1-7-3-2-4(5)6/h6-7,9,14H,3-5H2,1-2H3;2-3H2,1H3,(H3,5,6). The summed E-state index contributed by atoms with van der Waals surface area (Å²) in [5.74, 6) is 0.148. The second-order valence-corrected chi connectivity index (χ2v) is 9.37. The number of rotatable bonds is 7. The highest BCUT2D eigenvalue weighted by atomic mass is 79.9. The number of hydrogen-bond acceptors (Lipinski definition) is 5. The summed E-state index contributed by atoms with van der Waals surface area (Å²) in [4.78, 5) is 24.1. The van der Waals surface area contributed by atoms with Gasteiger partial charge in [0.05, 0.1) is 25.1 Å². The molecule has 0 atom stereocenters. The number of methoxy groups -OCH3 is 2. The van der Waals surface area contributed by atoms with Crippen LogP contribution >= 0.6 is 31.9 Å². The van der Waals surface area contributed by atoms with Crippen LogP contribution in [0.1, 0.15) is 63.4 Å². The van der Waals surface area contributed by atoms with E-state index in [4.69, 9.17) is 15.9 Å². The van der Waals surface area contributed by atoms with Gasteiger partial charge in [-0.25, -0.2) is 4.79 Å². The summed E-state index contributed by atoms with van der Waals surface area (Å²) in [5, 5.41) is 6.70. The Labute approximate surface area is 176 Å². The lowest BCUT2D eigenvalue weighted by Gasteiger charge is -2.28. The molecular formula is C19H26Br2N2O4. The van der Waals surface area contributed by atoms with Crippen molar-refractivity contribution in [2.24, 2.45) is 5.73 Å². The Morgan fingerprint density at radius 1 is 1.26 bits per heavy atom. The van der Waals surface area contributed by atoms with Crippen LogP contribution in [-0.4, -0.2) is 42.2 Å². The van der Waals surface area contributed by atoms with Crippen LogP contribution in [0.4, 0.5) is 0 Å². The van der Waals surface area contributed by atoms with E-state index in [0.717, 1.165) is 24.0 Å². The highest BCUT2D eigenvalue weighted by Gasteiger charge is 2.28. The molecule has 0 radical (unpaired) electrons. The lowest BCUT2D eigenvalue weighted by molar-refractivity contribution is 0.0600. The lowest BCUT2D eigenvalue weighted by Crippen LogP contribution is -2.19. The van der Waals surface area contributed by atoms with Crippen LogP contribution in [0.3, 0.4) is 0 Å². The maximum Gasteiger partial charge on any atom is 0.338 e. The van der Waals surface area contributed by atoms with Crippen LogP contribution < -0.4 is 5.73 Å². The van der Waals surface area contributed by atoms with Crippen molar-refractivity contribution in [2.75, 3.05) is 20.8 Å². The minimum atomic E-state index is -0.443. The van der Waals surface area contributed by atoms with Gasteiger partial charge in [-0.15, -0.1) is 0 Å². The molecule has 1 aromatic rings. The molecule has 0 unspecified atom stereocenters. The molecule has 6 nitrogen and oxygen atoms in total. The van der Waals surface area contributed by atoms with E-state index in [1.807, 2.05) is 13.0 Å². The van der Waals surface area contributed by atoms with Gasteiger partial charge in [0.1, 0.15) is 3.74 Å². The molecule has 1 fully saturated rings. The summed E-state index contributed by atoms with van der Waals surface area (Å²) in [6.45, 7) is 2.43. The van der Waals surface area contributed by atoms with Gasteiger partial charge in [-0.3, -0.25) is 10.2 Å². The van der Waals surface area contributed by atoms with Crippen molar-refractivity contribution in [2.45, 2.75) is 42.3 Å². The van der Waals surface area contributed by atoms with Crippen molar-refractivity contribution in [1.29, 1.82) is 5.41 Å². The van der Waals surface area contributed by atoms with Gasteiger partial charge in [0.25, 0.3) is 0 Å². The Balaban J connectivity index is 0.000000445. The van der Waals surface area contributed by atoms with E-state index in [2.05, 4.69) is 36.6 Å². The molecule has 1 saturated carbocycles. The molecular weight excluding hydrogens is 480 g/mol. The lowest BCUT2D eigenvalue weighted by atomic mass is 9.76. The number of Topliss-reactive ketones (excluding diaryl/α,β-unsaturated/α-hetero) is 1. The van der Waals surface area contributed by atoms with Gasteiger partial charge in [0.2, 0.25) is 0 Å². The fourth-order valence-electron chi connectivity index (χ4n) is 2.66. The zero-order valence-corrected chi connectivity index (χ0v) is 19.0. The fourth-order valence-corrected chi connectivity index (χ4v) is 3.15. The number of ketones is 1. The van der Waals surface area contributed by atoms with Gasteiger partial charge in [-0.2, -0.15) is 0 Å². The van der Waals surface area contributed by atoms with E-state index < -0.39 is 9.71 Å². The van der Waals surface area contributed by atoms with Gasteiger partial charge >= 0.3 is 5.97 Å². The van der Waals surface area contributed by atoms with Gasteiger partial charge in [0.15, 0.2) is 5.78 Å². The first-order valence-corrected chi connectivity index (χ1v) is 10.4. The predicted molar refractivity (Wildman–Crippen MR) is 113 cm³/mol. The van der Waals surface area contributed by atoms with E-state index >= 15 is 0 Å². The summed E-state index contributed by atoms with van der Waals surface area (Å²) < 4.78 is 8.97. The molecule has 1 aliphatic carbocycles. The number of carbonyl (C=O) groups is 2. The SMILES string of the molecule is COC(=O)c1cc(C(=O)C(Br)Br)c(C2CCC2)cc1C.COCCC(=N)N. The molecule has 2 rings (SSSR count). The van der Waals surface area contributed by atoms with Crippen LogP contribution in [0, 0.1) is 12.3 Å². The number of nitrogens with two attached hydrogens (primary N) is 1. The maximum atomic E-state index is 12.3. The largest absolute Gasteiger partial charge is 0.465 e. The number of hydrogen-bond donors (Lipinski definition) is 2. The highest BCUT2D eigenvalue weighted by Crippen LogP contribution is 2.40. The topological polar surface area (TPSA) is 102 Å². The molecule has 0 heterocycles. The molecule has 1 aliphatic rings. The molecule has 0 aromatic heterocycles. The number of halogens is 2. The average Bonchev–Trinajstić information content (AvgIpc) is 2.57. The zero-order chi connectivity index (χ0) is 20.6. The second kappa shape index (κ2) is 11.6. The van der Waals surface area contributed by atoms with E-state index in [-0.39, 0.29) is 11.6 Å². The van der Waals surface area contributed by atoms with Gasteiger partial charge in [-0.1, -0.05) is 44.3 Å². The number of esters is 1. The minimum Gasteiger partial charge on any atom is -0.465 e. The molecule has 0 saturated heterocycles. The summed E-state index contributed by atoms with van der Waals surface area (Å²) in [7, 11) is 2.93. The van der Waals surface area contributed by atoms with Crippen molar-refractivity contribution in [1.82, 2.24) is 0 Å². The van der Waals surface area contributed by atoms with E-state index in [9.17, 15) is 9.59 Å². The third kappa shape index (κ3) is 7.01. The van der Waals surface area contributed by atoms with E-state index in [0.29, 0.717) is 30.1 Å². The Hall–Kier alpha value is -1.25. The molecule has 0 bridgehead atoms.